The Kier molecular flexibility index (Phi) is 6.08. The maximum atomic E-state index is 11.6. The lowest BCUT2D eigenvalue weighted by Gasteiger charge is -2.35. The van der Waals surface area contributed by atoms with Crippen molar-refractivity contribution >= 4 is 33.2 Å². The average molecular weight is 439 g/mol. The van der Waals surface area contributed by atoms with Crippen molar-refractivity contribution in [2.75, 3.05) is 36.6 Å². The first-order valence-corrected chi connectivity index (χ1v) is 11.8. The molecular weight excluding hydrogens is 412 g/mol. The van der Waals surface area contributed by atoms with Crippen LogP contribution in [-0.4, -0.2) is 44.4 Å². The standard InChI is InChI=1S/C20H27ClN4O3S/c1-13-7-18(24-19(22)23-13)25-11-20(2,3)12-28-9-17(25)15-6-5-14(8-16(15)21)10-29(4,26)27/h5-8,17H,9-12H2,1-4H3,(H2,22,23,24)/t17-/m1/s1. The number of hydrogen-bond acceptors (Lipinski definition) is 7. The summed E-state index contributed by atoms with van der Waals surface area (Å²) in [6.45, 7) is 7.87. The van der Waals surface area contributed by atoms with Gasteiger partial charge in [-0.15, -0.1) is 0 Å². The van der Waals surface area contributed by atoms with Crippen LogP contribution >= 0.6 is 11.6 Å². The quantitative estimate of drug-likeness (QED) is 0.782. The number of aryl methyl sites for hydroxylation is 1. The van der Waals surface area contributed by atoms with E-state index in [4.69, 9.17) is 22.1 Å². The summed E-state index contributed by atoms with van der Waals surface area (Å²) in [5.41, 5.74) is 8.09. The number of anilines is 2. The highest BCUT2D eigenvalue weighted by Gasteiger charge is 2.34. The minimum atomic E-state index is -3.14. The number of hydrogen-bond donors (Lipinski definition) is 1. The molecule has 0 bridgehead atoms. The Morgan fingerprint density at radius 3 is 2.66 bits per heavy atom. The van der Waals surface area contributed by atoms with Crippen LogP contribution in [0.2, 0.25) is 5.02 Å². The maximum Gasteiger partial charge on any atom is 0.222 e. The molecule has 2 heterocycles. The molecule has 2 N–H and O–H groups in total. The van der Waals surface area contributed by atoms with Crippen LogP contribution in [0.3, 0.4) is 0 Å². The number of rotatable bonds is 4. The number of sulfone groups is 1. The van der Waals surface area contributed by atoms with Crippen molar-refractivity contribution in [3.8, 4) is 0 Å². The van der Waals surface area contributed by atoms with Gasteiger partial charge in [-0.2, -0.15) is 4.98 Å². The molecule has 1 aliphatic rings. The second-order valence-corrected chi connectivity index (χ2v) is 11.0. The normalized spacial score (nSPS) is 19.8. The summed E-state index contributed by atoms with van der Waals surface area (Å²) >= 11 is 6.60. The van der Waals surface area contributed by atoms with Gasteiger partial charge in [-0.05, 0) is 24.1 Å². The molecule has 1 aromatic carbocycles. The van der Waals surface area contributed by atoms with E-state index >= 15 is 0 Å². The zero-order valence-corrected chi connectivity index (χ0v) is 18.7. The highest BCUT2D eigenvalue weighted by molar-refractivity contribution is 7.89. The third kappa shape index (κ3) is 5.58. The van der Waals surface area contributed by atoms with Gasteiger partial charge in [0.05, 0.1) is 25.0 Å². The van der Waals surface area contributed by atoms with Gasteiger partial charge in [0.2, 0.25) is 5.95 Å². The number of nitrogens with two attached hydrogens (primary N) is 1. The van der Waals surface area contributed by atoms with Crippen LogP contribution in [0.1, 0.15) is 36.7 Å². The van der Waals surface area contributed by atoms with Crippen LogP contribution in [0.4, 0.5) is 11.8 Å². The van der Waals surface area contributed by atoms with Crippen molar-refractivity contribution in [1.29, 1.82) is 0 Å². The molecular formula is C20H27ClN4O3S. The lowest BCUT2D eigenvalue weighted by Crippen LogP contribution is -2.37. The monoisotopic (exact) mass is 438 g/mol. The lowest BCUT2D eigenvalue weighted by atomic mass is 9.93. The molecule has 7 nitrogen and oxygen atoms in total. The van der Waals surface area contributed by atoms with Crippen LogP contribution < -0.4 is 10.6 Å². The van der Waals surface area contributed by atoms with E-state index in [0.717, 1.165) is 17.1 Å². The fourth-order valence-corrected chi connectivity index (χ4v) is 4.72. The third-order valence-corrected chi connectivity index (χ3v) is 5.93. The third-order valence-electron chi connectivity index (χ3n) is 4.75. The number of nitrogens with zero attached hydrogens (tertiary/aromatic N) is 3. The van der Waals surface area contributed by atoms with Gasteiger partial charge in [-0.1, -0.05) is 37.6 Å². The Morgan fingerprint density at radius 2 is 2.03 bits per heavy atom. The Hall–Kier alpha value is -1.90. The molecule has 1 saturated heterocycles. The molecule has 0 spiro atoms. The van der Waals surface area contributed by atoms with E-state index in [0.29, 0.717) is 30.3 Å². The summed E-state index contributed by atoms with van der Waals surface area (Å²) in [6, 6.07) is 7.10. The molecule has 9 heteroatoms. The van der Waals surface area contributed by atoms with Crippen molar-refractivity contribution in [3.63, 3.8) is 0 Å². The molecule has 2 aromatic rings. The molecule has 3 rings (SSSR count). The van der Waals surface area contributed by atoms with E-state index in [9.17, 15) is 8.42 Å². The van der Waals surface area contributed by atoms with Gasteiger partial charge in [0, 0.05) is 35.0 Å². The van der Waals surface area contributed by atoms with Crippen molar-refractivity contribution in [1.82, 2.24) is 9.97 Å². The first kappa shape index (κ1) is 21.8. The summed E-state index contributed by atoms with van der Waals surface area (Å²) < 4.78 is 29.2. The smallest absolute Gasteiger partial charge is 0.222 e. The highest BCUT2D eigenvalue weighted by Crippen LogP contribution is 2.37. The minimum Gasteiger partial charge on any atom is -0.378 e. The van der Waals surface area contributed by atoms with Crippen LogP contribution in [0.5, 0.6) is 0 Å². The Bertz CT molecular complexity index is 991. The SMILES string of the molecule is Cc1cc(N2CC(C)(C)COC[C@@H]2c2ccc(CS(C)(=O)=O)cc2Cl)nc(N)n1. The number of nitrogen functional groups attached to an aromatic ring is 1. The van der Waals surface area contributed by atoms with Crippen LogP contribution in [-0.2, 0) is 20.3 Å². The molecule has 29 heavy (non-hydrogen) atoms. The van der Waals surface area contributed by atoms with Gasteiger partial charge in [0.25, 0.3) is 0 Å². The number of halogens is 1. The highest BCUT2D eigenvalue weighted by atomic mass is 35.5. The van der Waals surface area contributed by atoms with Crippen LogP contribution in [0.15, 0.2) is 24.3 Å². The molecule has 0 amide bonds. The van der Waals surface area contributed by atoms with Gasteiger partial charge >= 0.3 is 0 Å². The van der Waals surface area contributed by atoms with Crippen molar-refractivity contribution in [3.05, 3.63) is 46.1 Å². The summed E-state index contributed by atoms with van der Waals surface area (Å²) in [4.78, 5) is 10.8. The number of ether oxygens (including phenoxy) is 1. The van der Waals surface area contributed by atoms with Crippen molar-refractivity contribution in [2.24, 2.45) is 5.41 Å². The molecule has 0 aliphatic carbocycles. The van der Waals surface area contributed by atoms with Gasteiger partial charge in [-0.3, -0.25) is 0 Å². The van der Waals surface area contributed by atoms with Crippen LogP contribution in [0.25, 0.3) is 0 Å². The molecule has 1 fully saturated rings. The van der Waals surface area contributed by atoms with E-state index < -0.39 is 9.84 Å². The summed E-state index contributed by atoms with van der Waals surface area (Å²) in [6.07, 6.45) is 1.21. The summed E-state index contributed by atoms with van der Waals surface area (Å²) in [5.74, 6) is 0.887. The Morgan fingerprint density at radius 1 is 1.31 bits per heavy atom. The topological polar surface area (TPSA) is 98.4 Å². The summed E-state index contributed by atoms with van der Waals surface area (Å²) in [5, 5.41) is 0.503. The second kappa shape index (κ2) is 8.08. The van der Waals surface area contributed by atoms with E-state index in [1.807, 2.05) is 19.1 Å². The number of benzene rings is 1. The molecule has 0 saturated carbocycles. The fourth-order valence-electron chi connectivity index (χ4n) is 3.61. The second-order valence-electron chi connectivity index (χ2n) is 8.47. The predicted octanol–water partition coefficient (Wildman–Crippen LogP) is 3.17. The first-order chi connectivity index (χ1) is 13.4. The first-order valence-electron chi connectivity index (χ1n) is 9.35. The zero-order valence-electron chi connectivity index (χ0n) is 17.1. The van der Waals surface area contributed by atoms with E-state index in [-0.39, 0.29) is 23.2 Å². The fraction of sp³-hybridized carbons (Fsp3) is 0.500. The molecule has 1 aromatic heterocycles. The average Bonchev–Trinajstić information content (AvgIpc) is 2.71. The van der Waals surface area contributed by atoms with E-state index in [2.05, 4.69) is 28.7 Å². The van der Waals surface area contributed by atoms with E-state index in [1.54, 1.807) is 12.1 Å². The van der Waals surface area contributed by atoms with Gasteiger partial charge in [-0.25, -0.2) is 13.4 Å². The molecule has 1 aliphatic heterocycles. The molecule has 0 radical (unpaired) electrons. The van der Waals surface area contributed by atoms with Gasteiger partial charge < -0.3 is 15.4 Å². The van der Waals surface area contributed by atoms with E-state index in [1.165, 1.54) is 6.26 Å². The Balaban J connectivity index is 2.04. The lowest BCUT2D eigenvalue weighted by molar-refractivity contribution is 0.0800. The molecule has 158 valence electrons. The van der Waals surface area contributed by atoms with Gasteiger partial charge in [0.15, 0.2) is 9.84 Å². The predicted molar refractivity (Wildman–Crippen MR) is 116 cm³/mol. The largest absolute Gasteiger partial charge is 0.378 e. The molecule has 0 unspecified atom stereocenters. The van der Waals surface area contributed by atoms with Crippen molar-refractivity contribution in [2.45, 2.75) is 32.6 Å². The van der Waals surface area contributed by atoms with Crippen LogP contribution in [0, 0.1) is 12.3 Å². The van der Waals surface area contributed by atoms with Crippen molar-refractivity contribution < 1.29 is 13.2 Å². The zero-order chi connectivity index (χ0) is 21.4. The maximum absolute atomic E-state index is 11.6. The molecule has 1 atom stereocenters. The summed E-state index contributed by atoms with van der Waals surface area (Å²) in [7, 11) is -3.14. The number of aromatic nitrogens is 2. The van der Waals surface area contributed by atoms with Gasteiger partial charge in [0.1, 0.15) is 5.82 Å². The Labute approximate surface area is 177 Å². The minimum absolute atomic E-state index is 0.0491.